The molecule has 0 saturated heterocycles. The molecule has 3 rings (SSSR count). The van der Waals surface area contributed by atoms with E-state index in [1.807, 2.05) is 49.4 Å². The maximum atomic E-state index is 12.6. The van der Waals surface area contributed by atoms with Crippen LogP contribution in [0.5, 0.6) is 5.75 Å². The Kier molecular flexibility index (Phi) is 7.31. The Morgan fingerprint density at radius 3 is 2.39 bits per heavy atom. The van der Waals surface area contributed by atoms with Crippen LogP contribution in [0.25, 0.3) is 0 Å². The maximum absolute atomic E-state index is 12.6. The third-order valence-corrected chi connectivity index (χ3v) is 6.10. The third kappa shape index (κ3) is 5.86. The lowest BCUT2D eigenvalue weighted by Crippen LogP contribution is -2.21. The molecule has 1 N–H and O–H groups in total. The van der Waals surface area contributed by atoms with Gasteiger partial charge in [-0.2, -0.15) is 18.4 Å². The number of benzene rings is 3. The number of nitrogens with zero attached hydrogens (tertiary/aromatic N) is 2. The highest BCUT2D eigenvalue weighted by Crippen LogP contribution is 2.24. The fourth-order valence-corrected chi connectivity index (χ4v) is 4.22. The van der Waals surface area contributed by atoms with E-state index in [0.29, 0.717) is 0 Å². The number of sulfonamides is 1. The smallest absolute Gasteiger partial charge is 0.280 e. The molecule has 3 aromatic carbocycles. The lowest BCUT2D eigenvalue weighted by Gasteiger charge is -2.23. The number of methoxy groups -OCH3 is 1. The first-order chi connectivity index (χ1) is 14.9. The molecule has 0 radical (unpaired) electrons. The molecule has 0 aliphatic carbocycles. The Morgan fingerprint density at radius 1 is 1.03 bits per heavy atom. The fraction of sp³-hybridized carbons (Fsp3) is 0.208. The number of rotatable bonds is 9. The zero-order valence-corrected chi connectivity index (χ0v) is 18.8. The number of hydrazone groups is 1. The van der Waals surface area contributed by atoms with E-state index in [1.165, 1.54) is 18.9 Å². The van der Waals surface area contributed by atoms with Crippen molar-refractivity contribution in [2.24, 2.45) is 5.10 Å². The topological polar surface area (TPSA) is 71.0 Å². The Balaban J connectivity index is 1.68. The van der Waals surface area contributed by atoms with E-state index in [2.05, 4.69) is 33.9 Å². The van der Waals surface area contributed by atoms with Crippen molar-refractivity contribution in [1.82, 2.24) is 4.83 Å². The van der Waals surface area contributed by atoms with Crippen molar-refractivity contribution in [2.45, 2.75) is 25.3 Å². The molecule has 0 spiro atoms. The molecule has 0 heterocycles. The molecule has 3 aromatic rings. The van der Waals surface area contributed by atoms with Crippen LogP contribution in [0.15, 0.2) is 82.8 Å². The van der Waals surface area contributed by atoms with E-state index in [9.17, 15) is 8.42 Å². The van der Waals surface area contributed by atoms with Gasteiger partial charge < -0.3 is 9.64 Å². The highest BCUT2D eigenvalue weighted by molar-refractivity contribution is 7.89. The van der Waals surface area contributed by atoms with Gasteiger partial charge in [0.1, 0.15) is 10.6 Å². The summed E-state index contributed by atoms with van der Waals surface area (Å²) in [6, 6.07) is 23.1. The number of hydrogen-bond donors (Lipinski definition) is 1. The lowest BCUT2D eigenvalue weighted by molar-refractivity contribution is 0.402. The van der Waals surface area contributed by atoms with Crippen molar-refractivity contribution in [3.05, 3.63) is 89.5 Å². The van der Waals surface area contributed by atoms with Gasteiger partial charge in [-0.1, -0.05) is 48.5 Å². The summed E-state index contributed by atoms with van der Waals surface area (Å²) in [6.07, 6.45) is 1.48. The van der Waals surface area contributed by atoms with Crippen LogP contribution in [-0.4, -0.2) is 28.3 Å². The highest BCUT2D eigenvalue weighted by atomic mass is 32.2. The van der Waals surface area contributed by atoms with E-state index in [-0.39, 0.29) is 10.6 Å². The van der Waals surface area contributed by atoms with Gasteiger partial charge in [0, 0.05) is 18.8 Å². The second kappa shape index (κ2) is 10.1. The predicted molar refractivity (Wildman–Crippen MR) is 125 cm³/mol. The molecule has 0 amide bonds. The minimum atomic E-state index is -3.84. The molecule has 31 heavy (non-hydrogen) atoms. The van der Waals surface area contributed by atoms with Crippen molar-refractivity contribution in [3.8, 4) is 5.75 Å². The monoisotopic (exact) mass is 437 g/mol. The third-order valence-electron chi connectivity index (χ3n) is 4.85. The van der Waals surface area contributed by atoms with Crippen molar-refractivity contribution in [2.75, 3.05) is 18.6 Å². The van der Waals surface area contributed by atoms with E-state index in [4.69, 9.17) is 4.74 Å². The molecule has 0 aliphatic rings. The molecule has 0 aliphatic heterocycles. The number of anilines is 1. The summed E-state index contributed by atoms with van der Waals surface area (Å²) < 4.78 is 30.4. The van der Waals surface area contributed by atoms with Crippen molar-refractivity contribution in [1.29, 1.82) is 0 Å². The van der Waals surface area contributed by atoms with Gasteiger partial charge in [0.2, 0.25) is 0 Å². The van der Waals surface area contributed by atoms with Gasteiger partial charge in [-0.05, 0) is 54.8 Å². The number of nitrogens with one attached hydrogen (secondary N) is 1. The van der Waals surface area contributed by atoms with Crippen LogP contribution >= 0.6 is 0 Å². The average Bonchev–Trinajstić information content (AvgIpc) is 2.78. The zero-order chi connectivity index (χ0) is 22.3. The summed E-state index contributed by atoms with van der Waals surface area (Å²) in [4.78, 5) is 4.58. The average molecular weight is 438 g/mol. The number of hydrogen-bond acceptors (Lipinski definition) is 5. The minimum Gasteiger partial charge on any atom is -0.495 e. The van der Waals surface area contributed by atoms with Crippen LogP contribution in [0.2, 0.25) is 0 Å². The quantitative estimate of drug-likeness (QED) is 0.399. The van der Waals surface area contributed by atoms with Crippen LogP contribution < -0.4 is 14.5 Å². The largest absolute Gasteiger partial charge is 0.495 e. The van der Waals surface area contributed by atoms with Crippen LogP contribution in [0.4, 0.5) is 5.69 Å². The molecule has 0 aromatic heterocycles. The molecule has 0 bridgehead atoms. The Hall–Kier alpha value is -3.32. The highest BCUT2D eigenvalue weighted by Gasteiger charge is 2.18. The Bertz CT molecular complexity index is 1130. The molecular formula is C24H27N3O3S. The SMILES string of the molecule is CCN(Cc1ccccc1)c1ccc(/C=N/NS(=O)(=O)c2cc(C)ccc2OC)cc1. The van der Waals surface area contributed by atoms with Crippen LogP contribution in [0.3, 0.4) is 0 Å². The molecule has 0 atom stereocenters. The number of aryl methyl sites for hydroxylation is 1. The summed E-state index contributed by atoms with van der Waals surface area (Å²) in [7, 11) is -2.40. The van der Waals surface area contributed by atoms with Gasteiger partial charge in [-0.15, -0.1) is 0 Å². The summed E-state index contributed by atoms with van der Waals surface area (Å²) in [5.41, 5.74) is 3.94. The van der Waals surface area contributed by atoms with E-state index < -0.39 is 10.0 Å². The van der Waals surface area contributed by atoms with Gasteiger partial charge >= 0.3 is 0 Å². The summed E-state index contributed by atoms with van der Waals surface area (Å²) in [6.45, 7) is 5.64. The second-order valence-corrected chi connectivity index (χ2v) is 8.73. The first kappa shape index (κ1) is 22.4. The molecule has 162 valence electrons. The van der Waals surface area contributed by atoms with Crippen LogP contribution in [0, 0.1) is 6.92 Å². The summed E-state index contributed by atoms with van der Waals surface area (Å²) in [5, 5.41) is 3.93. The van der Waals surface area contributed by atoms with Crippen LogP contribution in [0.1, 0.15) is 23.6 Å². The molecule has 7 heteroatoms. The molecule has 0 unspecified atom stereocenters. The Morgan fingerprint density at radius 2 is 1.74 bits per heavy atom. The molecular weight excluding hydrogens is 410 g/mol. The van der Waals surface area contributed by atoms with Crippen molar-refractivity contribution in [3.63, 3.8) is 0 Å². The normalized spacial score (nSPS) is 11.5. The van der Waals surface area contributed by atoms with E-state index in [0.717, 1.165) is 29.9 Å². The number of ether oxygens (including phenoxy) is 1. The van der Waals surface area contributed by atoms with Gasteiger partial charge in [0.05, 0.1) is 13.3 Å². The lowest BCUT2D eigenvalue weighted by atomic mass is 10.1. The van der Waals surface area contributed by atoms with Crippen molar-refractivity contribution < 1.29 is 13.2 Å². The molecule has 0 fully saturated rings. The molecule has 0 saturated carbocycles. The molecule has 6 nitrogen and oxygen atoms in total. The minimum absolute atomic E-state index is 0.0574. The predicted octanol–water partition coefficient (Wildman–Crippen LogP) is 4.34. The van der Waals surface area contributed by atoms with E-state index >= 15 is 0 Å². The summed E-state index contributed by atoms with van der Waals surface area (Å²) in [5.74, 6) is 0.274. The second-order valence-electron chi connectivity index (χ2n) is 7.10. The fourth-order valence-electron chi connectivity index (χ4n) is 3.17. The van der Waals surface area contributed by atoms with Gasteiger partial charge in [-0.25, -0.2) is 0 Å². The van der Waals surface area contributed by atoms with Crippen LogP contribution in [-0.2, 0) is 16.6 Å². The van der Waals surface area contributed by atoms with Gasteiger partial charge in [0.15, 0.2) is 0 Å². The summed E-state index contributed by atoms with van der Waals surface area (Å²) >= 11 is 0. The standard InChI is InChI=1S/C24H27N3O3S/c1-4-27(18-21-8-6-5-7-9-21)22-13-11-20(12-14-22)17-25-26-31(28,29)24-16-19(2)10-15-23(24)30-3/h5-17,26H,4,18H2,1-3H3/b25-17+. The van der Waals surface area contributed by atoms with Gasteiger partial charge in [-0.3, -0.25) is 0 Å². The Labute approximate surface area is 184 Å². The van der Waals surface area contributed by atoms with Crippen molar-refractivity contribution >= 4 is 21.9 Å². The van der Waals surface area contributed by atoms with Gasteiger partial charge in [0.25, 0.3) is 10.0 Å². The zero-order valence-electron chi connectivity index (χ0n) is 17.9. The first-order valence-corrected chi connectivity index (χ1v) is 11.5. The maximum Gasteiger partial charge on any atom is 0.280 e. The van der Waals surface area contributed by atoms with E-state index in [1.54, 1.807) is 18.2 Å². The first-order valence-electron chi connectivity index (χ1n) is 10.0.